The van der Waals surface area contributed by atoms with E-state index in [1.54, 1.807) is 30.5 Å². The van der Waals surface area contributed by atoms with Crippen LogP contribution in [0.1, 0.15) is 20.7 Å². The molecule has 0 spiro atoms. The molecule has 8 nitrogen and oxygen atoms in total. The summed E-state index contributed by atoms with van der Waals surface area (Å²) in [6, 6.07) is 19.9. The van der Waals surface area contributed by atoms with Crippen LogP contribution in [-0.4, -0.2) is 49.7 Å². The zero-order valence-corrected chi connectivity index (χ0v) is 20.5. The normalized spacial score (nSPS) is 10.9. The maximum absolute atomic E-state index is 13.2. The summed E-state index contributed by atoms with van der Waals surface area (Å²) in [5.74, 6) is 0.444. The first kappa shape index (κ1) is 23.9. The van der Waals surface area contributed by atoms with Gasteiger partial charge in [0.05, 0.1) is 38.1 Å². The number of ether oxygens (including phenoxy) is 4. The van der Waals surface area contributed by atoms with Crippen LogP contribution in [0, 0.1) is 0 Å². The Kier molecular flexibility index (Phi) is 6.47. The number of benzene rings is 3. The second kappa shape index (κ2) is 10.0. The molecule has 8 heteroatoms. The Morgan fingerprint density at radius 1 is 0.811 bits per heavy atom. The zero-order valence-electron chi connectivity index (χ0n) is 20.5. The Balaban J connectivity index is 1.49. The highest BCUT2D eigenvalue weighted by atomic mass is 16.5. The molecule has 3 aromatic carbocycles. The van der Waals surface area contributed by atoms with E-state index in [0.29, 0.717) is 50.5 Å². The molecule has 2 aromatic heterocycles. The number of H-pyrrole nitrogens is 1. The Morgan fingerprint density at radius 3 is 2.19 bits per heavy atom. The molecule has 0 aliphatic heterocycles. The van der Waals surface area contributed by atoms with E-state index < -0.39 is 12.6 Å². The first-order valence-corrected chi connectivity index (χ1v) is 11.5. The van der Waals surface area contributed by atoms with Crippen LogP contribution >= 0.6 is 0 Å². The standard InChI is InChI=1S/C29H24N2O6/c1-34-26-12-17(13-27(35-2)28(26)36-3)24-14-20(18-8-5-7-11-23(18)31-24)29(33)37-16-25(32)21-15-30-22-10-6-4-9-19(21)22/h4-15,30H,16H2,1-3H3. The second-order valence-electron chi connectivity index (χ2n) is 8.23. The van der Waals surface area contributed by atoms with Gasteiger partial charge in [-0.05, 0) is 30.3 Å². The maximum Gasteiger partial charge on any atom is 0.339 e. The van der Waals surface area contributed by atoms with Gasteiger partial charge >= 0.3 is 5.97 Å². The lowest BCUT2D eigenvalue weighted by atomic mass is 10.0. The van der Waals surface area contributed by atoms with Crippen LogP contribution in [0.2, 0.25) is 0 Å². The summed E-state index contributed by atoms with van der Waals surface area (Å²) in [6.45, 7) is -0.392. The van der Waals surface area contributed by atoms with Crippen molar-refractivity contribution in [3.63, 3.8) is 0 Å². The monoisotopic (exact) mass is 496 g/mol. The molecule has 0 aliphatic rings. The van der Waals surface area contributed by atoms with Gasteiger partial charge in [-0.1, -0.05) is 36.4 Å². The first-order chi connectivity index (χ1) is 18.0. The van der Waals surface area contributed by atoms with Gasteiger partial charge in [0, 0.05) is 33.6 Å². The number of methoxy groups -OCH3 is 3. The average molecular weight is 497 g/mol. The highest BCUT2D eigenvalue weighted by Gasteiger charge is 2.20. The summed E-state index contributed by atoms with van der Waals surface area (Å²) in [6.07, 6.45) is 1.63. The molecule has 2 heterocycles. The van der Waals surface area contributed by atoms with Crippen molar-refractivity contribution in [2.45, 2.75) is 0 Å². The molecule has 0 radical (unpaired) electrons. The van der Waals surface area contributed by atoms with E-state index in [-0.39, 0.29) is 5.78 Å². The number of pyridine rings is 1. The third-order valence-electron chi connectivity index (χ3n) is 6.12. The lowest BCUT2D eigenvalue weighted by Gasteiger charge is -2.15. The Morgan fingerprint density at radius 2 is 1.49 bits per heavy atom. The number of carbonyl (C=O) groups excluding carboxylic acids is 2. The molecule has 186 valence electrons. The van der Waals surface area contributed by atoms with Gasteiger partial charge < -0.3 is 23.9 Å². The fourth-order valence-corrected chi connectivity index (χ4v) is 4.31. The van der Waals surface area contributed by atoms with Crippen LogP contribution in [-0.2, 0) is 4.74 Å². The number of Topliss-reactive ketones (excluding diaryl/α,β-unsaturated/α-hetero) is 1. The van der Waals surface area contributed by atoms with Crippen molar-refractivity contribution in [3.8, 4) is 28.5 Å². The molecule has 0 aliphatic carbocycles. The topological polar surface area (TPSA) is 99.7 Å². The minimum absolute atomic E-state index is 0.293. The molecule has 1 N–H and O–H groups in total. The van der Waals surface area contributed by atoms with E-state index in [0.717, 1.165) is 10.9 Å². The summed E-state index contributed by atoms with van der Waals surface area (Å²) in [5, 5.41) is 1.39. The summed E-state index contributed by atoms with van der Waals surface area (Å²) < 4.78 is 21.8. The fraction of sp³-hybridized carbons (Fsp3) is 0.138. The summed E-state index contributed by atoms with van der Waals surface area (Å²) in [7, 11) is 4.59. The molecule has 0 bridgehead atoms. The van der Waals surface area contributed by atoms with Crippen molar-refractivity contribution in [1.82, 2.24) is 9.97 Å². The number of hydrogen-bond donors (Lipinski definition) is 1. The minimum atomic E-state index is -0.625. The fourth-order valence-electron chi connectivity index (χ4n) is 4.31. The van der Waals surface area contributed by atoms with E-state index in [2.05, 4.69) is 4.98 Å². The number of ketones is 1. The molecular weight excluding hydrogens is 472 g/mol. The van der Waals surface area contributed by atoms with Gasteiger partial charge in [-0.15, -0.1) is 0 Å². The Labute approximate surface area is 212 Å². The molecule has 0 amide bonds. The van der Waals surface area contributed by atoms with Crippen LogP contribution in [0.15, 0.2) is 72.9 Å². The third kappa shape index (κ3) is 4.45. The van der Waals surface area contributed by atoms with E-state index in [1.807, 2.05) is 42.5 Å². The van der Waals surface area contributed by atoms with Crippen LogP contribution < -0.4 is 14.2 Å². The first-order valence-electron chi connectivity index (χ1n) is 11.5. The number of para-hydroxylation sites is 2. The van der Waals surface area contributed by atoms with E-state index in [4.69, 9.17) is 23.9 Å². The number of hydrogen-bond acceptors (Lipinski definition) is 7. The van der Waals surface area contributed by atoms with Crippen molar-refractivity contribution in [1.29, 1.82) is 0 Å². The minimum Gasteiger partial charge on any atom is -0.493 e. The van der Waals surface area contributed by atoms with E-state index in [1.165, 1.54) is 21.3 Å². The Bertz CT molecular complexity index is 1610. The van der Waals surface area contributed by atoms with Gasteiger partial charge in [-0.2, -0.15) is 0 Å². The highest BCUT2D eigenvalue weighted by Crippen LogP contribution is 2.41. The summed E-state index contributed by atoms with van der Waals surface area (Å²) in [5.41, 5.74) is 3.37. The van der Waals surface area contributed by atoms with Gasteiger partial charge in [0.25, 0.3) is 0 Å². The SMILES string of the molecule is COc1cc(-c2cc(C(=O)OCC(=O)c3c[nH]c4ccccc34)c3ccccc3n2)cc(OC)c1OC. The van der Waals surface area contributed by atoms with Crippen LogP contribution in [0.3, 0.4) is 0 Å². The number of nitrogens with one attached hydrogen (secondary N) is 1. The van der Waals surface area contributed by atoms with Gasteiger partial charge in [0.2, 0.25) is 11.5 Å². The molecule has 0 saturated heterocycles. The number of fused-ring (bicyclic) bond motifs is 2. The lowest BCUT2D eigenvalue weighted by Crippen LogP contribution is -2.14. The largest absolute Gasteiger partial charge is 0.493 e. The number of carbonyl (C=O) groups is 2. The summed E-state index contributed by atoms with van der Waals surface area (Å²) in [4.78, 5) is 33.9. The molecule has 0 saturated carbocycles. The van der Waals surface area contributed by atoms with E-state index >= 15 is 0 Å². The Hall–Kier alpha value is -4.85. The van der Waals surface area contributed by atoms with Crippen molar-refractivity contribution in [2.24, 2.45) is 0 Å². The molecular formula is C29H24N2O6. The van der Waals surface area contributed by atoms with Gasteiger partial charge in [0.15, 0.2) is 18.1 Å². The highest BCUT2D eigenvalue weighted by molar-refractivity contribution is 6.10. The molecule has 0 atom stereocenters. The predicted molar refractivity (Wildman–Crippen MR) is 140 cm³/mol. The quantitative estimate of drug-likeness (QED) is 0.225. The predicted octanol–water partition coefficient (Wildman–Crippen LogP) is 5.45. The molecule has 0 unspecified atom stereocenters. The van der Waals surface area contributed by atoms with Crippen LogP contribution in [0.5, 0.6) is 17.2 Å². The lowest BCUT2D eigenvalue weighted by molar-refractivity contribution is 0.0477. The van der Waals surface area contributed by atoms with Gasteiger partial charge in [0.1, 0.15) is 0 Å². The summed E-state index contributed by atoms with van der Waals surface area (Å²) >= 11 is 0. The smallest absolute Gasteiger partial charge is 0.339 e. The molecule has 5 rings (SSSR count). The van der Waals surface area contributed by atoms with Crippen LogP contribution in [0.4, 0.5) is 0 Å². The second-order valence-corrected chi connectivity index (χ2v) is 8.23. The molecule has 5 aromatic rings. The number of esters is 1. The van der Waals surface area contributed by atoms with Crippen molar-refractivity contribution in [2.75, 3.05) is 27.9 Å². The van der Waals surface area contributed by atoms with Crippen molar-refractivity contribution >= 4 is 33.6 Å². The van der Waals surface area contributed by atoms with Crippen LogP contribution in [0.25, 0.3) is 33.1 Å². The third-order valence-corrected chi connectivity index (χ3v) is 6.12. The van der Waals surface area contributed by atoms with Crippen molar-refractivity contribution in [3.05, 3.63) is 84.1 Å². The maximum atomic E-state index is 13.2. The number of aromatic nitrogens is 2. The van der Waals surface area contributed by atoms with Gasteiger partial charge in [-0.25, -0.2) is 9.78 Å². The zero-order chi connectivity index (χ0) is 25.9. The van der Waals surface area contributed by atoms with Crippen molar-refractivity contribution < 1.29 is 28.5 Å². The number of rotatable bonds is 8. The van der Waals surface area contributed by atoms with Gasteiger partial charge in [-0.3, -0.25) is 4.79 Å². The van der Waals surface area contributed by atoms with E-state index in [9.17, 15) is 9.59 Å². The average Bonchev–Trinajstić information content (AvgIpc) is 3.38. The molecule has 37 heavy (non-hydrogen) atoms. The molecule has 0 fully saturated rings. The number of nitrogens with zero attached hydrogens (tertiary/aromatic N) is 1. The number of aromatic amines is 1.